The van der Waals surface area contributed by atoms with Crippen molar-refractivity contribution in [3.8, 4) is 17.7 Å². The molecule has 0 saturated carbocycles. The van der Waals surface area contributed by atoms with Crippen molar-refractivity contribution >= 4 is 22.6 Å². The van der Waals surface area contributed by atoms with Gasteiger partial charge in [0.2, 0.25) is 5.88 Å². The van der Waals surface area contributed by atoms with Gasteiger partial charge in [0.15, 0.2) is 5.82 Å². The van der Waals surface area contributed by atoms with Crippen molar-refractivity contribution in [3.63, 3.8) is 0 Å². The summed E-state index contributed by atoms with van der Waals surface area (Å²) in [6, 6.07) is 1.84. The first-order valence-corrected chi connectivity index (χ1v) is 9.13. The molecular weight excluding hydrogens is 358 g/mol. The van der Waals surface area contributed by atoms with E-state index in [-0.39, 0.29) is 0 Å². The van der Waals surface area contributed by atoms with Gasteiger partial charge in [-0.15, -0.1) is 0 Å². The third-order valence-corrected chi connectivity index (χ3v) is 4.04. The fraction of sp³-hybridized carbons (Fsp3) is 0.474. The molecule has 0 saturated heterocycles. The molecule has 2 aromatic heterocycles. The summed E-state index contributed by atoms with van der Waals surface area (Å²) in [5, 5.41) is 13.0. The number of rotatable bonds is 6. The van der Waals surface area contributed by atoms with Crippen LogP contribution in [0.3, 0.4) is 0 Å². The lowest BCUT2D eigenvalue weighted by molar-refractivity contribution is 0.143. The van der Waals surface area contributed by atoms with Gasteiger partial charge in [0.1, 0.15) is 41.6 Å². The SMILES string of the molecule is CCn1c(C2=NCN=C2N)nc2c(C#CC(C)(C)O)nc(OCCNC)cc21. The predicted molar refractivity (Wildman–Crippen MR) is 109 cm³/mol. The van der Waals surface area contributed by atoms with Gasteiger partial charge < -0.3 is 25.5 Å². The smallest absolute Gasteiger partial charge is 0.216 e. The van der Waals surface area contributed by atoms with Gasteiger partial charge in [0.25, 0.3) is 0 Å². The average molecular weight is 383 g/mol. The van der Waals surface area contributed by atoms with E-state index >= 15 is 0 Å². The van der Waals surface area contributed by atoms with E-state index in [9.17, 15) is 5.11 Å². The second kappa shape index (κ2) is 7.96. The normalized spacial score (nSPS) is 13.9. The number of nitrogens with two attached hydrogens (primary N) is 1. The quantitative estimate of drug-likeness (QED) is 0.487. The van der Waals surface area contributed by atoms with Gasteiger partial charge in [-0.25, -0.2) is 15.0 Å². The summed E-state index contributed by atoms with van der Waals surface area (Å²) in [7, 11) is 1.85. The summed E-state index contributed by atoms with van der Waals surface area (Å²) in [6.45, 7) is 7.35. The largest absolute Gasteiger partial charge is 0.476 e. The number of amidine groups is 1. The van der Waals surface area contributed by atoms with Crippen LogP contribution in [-0.4, -0.2) is 63.7 Å². The van der Waals surface area contributed by atoms with E-state index in [1.165, 1.54) is 0 Å². The van der Waals surface area contributed by atoms with Crippen molar-refractivity contribution in [1.29, 1.82) is 0 Å². The Morgan fingerprint density at radius 3 is 2.75 bits per heavy atom. The maximum atomic E-state index is 9.99. The molecule has 0 aliphatic carbocycles. The number of ether oxygens (including phenoxy) is 1. The number of hydrogen-bond acceptors (Lipinski definition) is 8. The number of pyridine rings is 1. The van der Waals surface area contributed by atoms with Gasteiger partial charge in [-0.2, -0.15) is 0 Å². The minimum atomic E-state index is -1.15. The molecule has 1 aliphatic heterocycles. The lowest BCUT2D eigenvalue weighted by Crippen LogP contribution is -2.25. The number of likely N-dealkylation sites (N-methyl/N-ethyl adjacent to an activating group) is 1. The minimum absolute atomic E-state index is 0.302. The Labute approximate surface area is 163 Å². The number of aliphatic hydroxyl groups is 1. The van der Waals surface area contributed by atoms with Gasteiger partial charge in [-0.05, 0) is 33.7 Å². The average Bonchev–Trinajstić information content (AvgIpc) is 3.22. The van der Waals surface area contributed by atoms with Gasteiger partial charge in [-0.3, -0.25) is 4.99 Å². The van der Waals surface area contributed by atoms with Crippen LogP contribution in [0.15, 0.2) is 16.1 Å². The minimum Gasteiger partial charge on any atom is -0.476 e. The maximum absolute atomic E-state index is 9.99. The first-order chi connectivity index (χ1) is 13.3. The number of imidazole rings is 1. The van der Waals surface area contributed by atoms with E-state index in [4.69, 9.17) is 15.5 Å². The van der Waals surface area contributed by atoms with Crippen LogP contribution in [0.5, 0.6) is 5.88 Å². The zero-order valence-corrected chi connectivity index (χ0v) is 16.6. The molecule has 0 amide bonds. The lowest BCUT2D eigenvalue weighted by Gasteiger charge is -2.09. The molecule has 0 atom stereocenters. The highest BCUT2D eigenvalue weighted by Gasteiger charge is 2.23. The molecule has 28 heavy (non-hydrogen) atoms. The topological polar surface area (TPSA) is 123 Å². The summed E-state index contributed by atoms with van der Waals surface area (Å²) >= 11 is 0. The van der Waals surface area contributed by atoms with E-state index in [0.717, 1.165) is 5.52 Å². The van der Waals surface area contributed by atoms with Crippen LogP contribution < -0.4 is 15.8 Å². The molecule has 3 rings (SSSR count). The fourth-order valence-electron chi connectivity index (χ4n) is 2.75. The van der Waals surface area contributed by atoms with Crippen molar-refractivity contribution in [2.75, 3.05) is 26.9 Å². The highest BCUT2D eigenvalue weighted by molar-refractivity contribution is 6.47. The van der Waals surface area contributed by atoms with Crippen LogP contribution in [0.4, 0.5) is 0 Å². The first kappa shape index (κ1) is 19.8. The first-order valence-electron chi connectivity index (χ1n) is 9.13. The van der Waals surface area contributed by atoms with Crippen molar-refractivity contribution in [2.45, 2.75) is 32.9 Å². The van der Waals surface area contributed by atoms with Crippen molar-refractivity contribution in [3.05, 3.63) is 17.6 Å². The van der Waals surface area contributed by atoms with E-state index in [1.54, 1.807) is 13.8 Å². The number of fused-ring (bicyclic) bond motifs is 1. The van der Waals surface area contributed by atoms with Crippen LogP contribution in [0.25, 0.3) is 11.0 Å². The Hall–Kier alpha value is -2.96. The zero-order valence-electron chi connectivity index (χ0n) is 16.6. The van der Waals surface area contributed by atoms with Crippen molar-refractivity contribution in [2.24, 2.45) is 15.7 Å². The Morgan fingerprint density at radius 1 is 1.36 bits per heavy atom. The van der Waals surface area contributed by atoms with Crippen LogP contribution in [0.2, 0.25) is 0 Å². The molecule has 0 aromatic carbocycles. The molecule has 9 heteroatoms. The Morgan fingerprint density at radius 2 is 2.14 bits per heavy atom. The molecule has 0 spiro atoms. The Bertz CT molecular complexity index is 1000. The summed E-state index contributed by atoms with van der Waals surface area (Å²) < 4.78 is 7.75. The number of nitrogens with one attached hydrogen (secondary N) is 1. The monoisotopic (exact) mass is 383 g/mol. The van der Waals surface area contributed by atoms with Crippen LogP contribution >= 0.6 is 0 Å². The van der Waals surface area contributed by atoms with Crippen molar-refractivity contribution < 1.29 is 9.84 Å². The third-order valence-electron chi connectivity index (χ3n) is 4.04. The summed E-state index contributed by atoms with van der Waals surface area (Å²) in [4.78, 5) is 17.7. The molecule has 0 fully saturated rings. The van der Waals surface area contributed by atoms with Crippen molar-refractivity contribution in [1.82, 2.24) is 19.9 Å². The van der Waals surface area contributed by atoms with E-state index in [0.29, 0.717) is 60.8 Å². The molecular formula is C19H25N7O2. The highest BCUT2D eigenvalue weighted by Crippen LogP contribution is 2.24. The summed E-state index contributed by atoms with van der Waals surface area (Å²) in [6.07, 6.45) is 0. The number of aryl methyl sites for hydroxylation is 1. The van der Waals surface area contributed by atoms with Gasteiger partial charge in [0.05, 0.1) is 5.52 Å². The molecule has 2 aromatic rings. The Kier molecular flexibility index (Phi) is 5.63. The lowest BCUT2D eigenvalue weighted by atomic mass is 10.1. The molecule has 3 heterocycles. The van der Waals surface area contributed by atoms with Crippen LogP contribution in [-0.2, 0) is 6.54 Å². The molecule has 1 aliphatic rings. The summed E-state index contributed by atoms with van der Waals surface area (Å²) in [5.41, 5.74) is 7.25. The number of aliphatic imine (C=N–C) groups is 2. The third kappa shape index (κ3) is 4.13. The molecule has 4 N–H and O–H groups in total. The number of nitrogens with zero attached hydrogens (tertiary/aromatic N) is 5. The van der Waals surface area contributed by atoms with Crippen LogP contribution in [0.1, 0.15) is 32.3 Å². The molecule has 0 unspecified atom stereocenters. The summed E-state index contributed by atoms with van der Waals surface area (Å²) in [5.74, 6) is 7.17. The fourth-order valence-corrected chi connectivity index (χ4v) is 2.75. The van der Waals surface area contributed by atoms with Crippen LogP contribution in [0, 0.1) is 11.8 Å². The van der Waals surface area contributed by atoms with E-state index in [1.807, 2.05) is 24.6 Å². The second-order valence-electron chi connectivity index (χ2n) is 6.81. The zero-order chi connectivity index (χ0) is 20.3. The maximum Gasteiger partial charge on any atom is 0.216 e. The van der Waals surface area contributed by atoms with E-state index in [2.05, 4.69) is 32.1 Å². The van der Waals surface area contributed by atoms with Gasteiger partial charge in [-0.1, -0.05) is 5.92 Å². The number of hydrogen-bond donors (Lipinski definition) is 3. The van der Waals surface area contributed by atoms with Gasteiger partial charge >= 0.3 is 0 Å². The van der Waals surface area contributed by atoms with E-state index < -0.39 is 5.60 Å². The molecule has 0 radical (unpaired) electrons. The number of aromatic nitrogens is 3. The Balaban J connectivity index is 2.18. The second-order valence-corrected chi connectivity index (χ2v) is 6.81. The highest BCUT2D eigenvalue weighted by atomic mass is 16.5. The standard InChI is InChI=1S/C19H25N7O2/c1-5-26-13-10-14(28-9-8-21-4)24-12(6-7-19(2,3)27)15(13)25-18(26)16-17(20)23-11-22-16/h10,21,27H,5,8-9,11H2,1-4H3,(H2,20,23). The predicted octanol–water partition coefficient (Wildman–Crippen LogP) is 0.289. The van der Waals surface area contributed by atoms with Gasteiger partial charge in [0, 0.05) is 19.2 Å². The molecule has 0 bridgehead atoms. The molecule has 148 valence electrons. The molecule has 9 nitrogen and oxygen atoms in total.